The lowest BCUT2D eigenvalue weighted by atomic mass is 10.4. The molecule has 1 rings (SSSR count). The molecule has 0 aliphatic carbocycles. The van der Waals surface area contributed by atoms with Crippen LogP contribution in [0.5, 0.6) is 0 Å². The van der Waals surface area contributed by atoms with Gasteiger partial charge in [0.25, 0.3) is 0 Å². The van der Waals surface area contributed by atoms with Crippen molar-refractivity contribution in [2.24, 2.45) is 0 Å². The third kappa shape index (κ3) is 7.31. The highest BCUT2D eigenvalue weighted by molar-refractivity contribution is 7.89. The summed E-state index contributed by atoms with van der Waals surface area (Å²) < 4.78 is 26.1. The quantitative estimate of drug-likeness (QED) is 0.599. The van der Waals surface area contributed by atoms with Crippen molar-refractivity contribution in [1.29, 1.82) is 0 Å². The molecule has 0 aromatic carbocycles. The molecule has 0 spiro atoms. The first-order valence-electron chi connectivity index (χ1n) is 6.93. The van der Waals surface area contributed by atoms with Crippen molar-refractivity contribution in [3.05, 3.63) is 0 Å². The molecule has 6 heteroatoms. The van der Waals surface area contributed by atoms with Crippen molar-refractivity contribution >= 4 is 10.0 Å². The van der Waals surface area contributed by atoms with Gasteiger partial charge in [0.05, 0.1) is 5.75 Å². The molecule has 1 aliphatic heterocycles. The summed E-state index contributed by atoms with van der Waals surface area (Å²) in [4.78, 5) is 2.31. The van der Waals surface area contributed by atoms with Gasteiger partial charge in [0.15, 0.2) is 0 Å². The summed E-state index contributed by atoms with van der Waals surface area (Å²) in [7, 11) is -3.09. The molecule has 18 heavy (non-hydrogen) atoms. The van der Waals surface area contributed by atoms with Gasteiger partial charge in [0, 0.05) is 19.1 Å². The molecule has 5 nitrogen and oxygen atoms in total. The third-order valence-corrected chi connectivity index (χ3v) is 4.56. The van der Waals surface area contributed by atoms with Crippen molar-refractivity contribution in [2.45, 2.75) is 39.2 Å². The van der Waals surface area contributed by atoms with E-state index in [4.69, 9.17) is 0 Å². The Kier molecular flexibility index (Phi) is 7.14. The average Bonchev–Trinajstić information content (AvgIpc) is 2.77. The van der Waals surface area contributed by atoms with Gasteiger partial charge in [-0.3, -0.25) is 0 Å². The monoisotopic (exact) mass is 277 g/mol. The lowest BCUT2D eigenvalue weighted by Crippen LogP contribution is -2.35. The van der Waals surface area contributed by atoms with E-state index >= 15 is 0 Å². The molecule has 0 saturated carbocycles. The first-order chi connectivity index (χ1) is 8.49. The SMILES string of the molecule is CC(C)NCCCS(=O)(=O)NCCN1CCCC1. The molecule has 1 aliphatic rings. The van der Waals surface area contributed by atoms with Gasteiger partial charge >= 0.3 is 0 Å². The maximum atomic E-state index is 11.7. The lowest BCUT2D eigenvalue weighted by Gasteiger charge is -2.15. The minimum absolute atomic E-state index is 0.215. The fraction of sp³-hybridized carbons (Fsp3) is 1.00. The van der Waals surface area contributed by atoms with Crippen molar-refractivity contribution in [3.8, 4) is 0 Å². The molecule has 0 aromatic heterocycles. The Hall–Kier alpha value is -0.170. The Labute approximate surface area is 111 Å². The highest BCUT2D eigenvalue weighted by atomic mass is 32.2. The van der Waals surface area contributed by atoms with E-state index in [0.717, 1.165) is 26.2 Å². The maximum absolute atomic E-state index is 11.7. The molecule has 1 saturated heterocycles. The minimum atomic E-state index is -3.09. The largest absolute Gasteiger partial charge is 0.314 e. The fourth-order valence-electron chi connectivity index (χ4n) is 2.09. The summed E-state index contributed by atoms with van der Waals surface area (Å²) in [5, 5.41) is 3.22. The van der Waals surface area contributed by atoms with E-state index in [1.54, 1.807) is 0 Å². The second kappa shape index (κ2) is 8.09. The number of sulfonamides is 1. The van der Waals surface area contributed by atoms with Crippen LogP contribution in [0.3, 0.4) is 0 Å². The molecule has 1 heterocycles. The van der Waals surface area contributed by atoms with E-state index in [9.17, 15) is 8.42 Å². The van der Waals surface area contributed by atoms with E-state index in [2.05, 4.69) is 28.8 Å². The Balaban J connectivity index is 2.07. The Morgan fingerprint density at radius 1 is 1.17 bits per heavy atom. The minimum Gasteiger partial charge on any atom is -0.314 e. The van der Waals surface area contributed by atoms with Crippen molar-refractivity contribution in [2.75, 3.05) is 38.5 Å². The summed E-state index contributed by atoms with van der Waals surface area (Å²) in [5.41, 5.74) is 0. The van der Waals surface area contributed by atoms with Gasteiger partial charge in [-0.15, -0.1) is 0 Å². The Morgan fingerprint density at radius 2 is 1.83 bits per heavy atom. The highest BCUT2D eigenvalue weighted by Crippen LogP contribution is 2.05. The van der Waals surface area contributed by atoms with E-state index < -0.39 is 10.0 Å². The zero-order valence-corrected chi connectivity index (χ0v) is 12.4. The number of likely N-dealkylation sites (tertiary alicyclic amines) is 1. The predicted octanol–water partition coefficient (Wildman–Crippen LogP) is 0.390. The first-order valence-corrected chi connectivity index (χ1v) is 8.58. The highest BCUT2D eigenvalue weighted by Gasteiger charge is 2.13. The summed E-state index contributed by atoms with van der Waals surface area (Å²) in [5.74, 6) is 0.215. The zero-order valence-electron chi connectivity index (χ0n) is 11.6. The second-order valence-corrected chi connectivity index (χ2v) is 7.15. The fourth-order valence-corrected chi connectivity index (χ4v) is 3.16. The number of nitrogens with zero attached hydrogens (tertiary/aromatic N) is 1. The van der Waals surface area contributed by atoms with Crippen LogP contribution in [0.25, 0.3) is 0 Å². The van der Waals surface area contributed by atoms with Crippen LogP contribution >= 0.6 is 0 Å². The van der Waals surface area contributed by atoms with E-state index in [1.807, 2.05) is 0 Å². The van der Waals surface area contributed by atoms with Gasteiger partial charge < -0.3 is 10.2 Å². The summed E-state index contributed by atoms with van der Waals surface area (Å²) in [6.45, 7) is 8.47. The van der Waals surface area contributed by atoms with Crippen molar-refractivity contribution < 1.29 is 8.42 Å². The summed E-state index contributed by atoms with van der Waals surface area (Å²) in [6.07, 6.45) is 3.15. The van der Waals surface area contributed by atoms with Gasteiger partial charge in [-0.25, -0.2) is 13.1 Å². The van der Waals surface area contributed by atoms with E-state index in [0.29, 0.717) is 19.0 Å². The first kappa shape index (κ1) is 15.9. The molecular formula is C12H27N3O2S. The molecular weight excluding hydrogens is 250 g/mol. The van der Waals surface area contributed by atoms with Crippen LogP contribution < -0.4 is 10.0 Å². The molecule has 0 aromatic rings. The average molecular weight is 277 g/mol. The van der Waals surface area contributed by atoms with Crippen LogP contribution in [-0.2, 0) is 10.0 Å². The van der Waals surface area contributed by atoms with Gasteiger partial charge in [-0.05, 0) is 38.9 Å². The van der Waals surface area contributed by atoms with Gasteiger partial charge in [-0.1, -0.05) is 13.8 Å². The Bertz CT molecular complexity index is 311. The maximum Gasteiger partial charge on any atom is 0.211 e. The third-order valence-electron chi connectivity index (χ3n) is 3.09. The number of hydrogen-bond donors (Lipinski definition) is 2. The lowest BCUT2D eigenvalue weighted by molar-refractivity contribution is 0.344. The van der Waals surface area contributed by atoms with Crippen LogP contribution in [0.2, 0.25) is 0 Å². The summed E-state index contributed by atoms with van der Waals surface area (Å²) in [6, 6.07) is 0.413. The molecule has 0 radical (unpaired) electrons. The van der Waals surface area contributed by atoms with Gasteiger partial charge in [0.1, 0.15) is 0 Å². The van der Waals surface area contributed by atoms with E-state index in [1.165, 1.54) is 12.8 Å². The second-order valence-electron chi connectivity index (χ2n) is 5.22. The van der Waals surface area contributed by atoms with Crippen LogP contribution in [-0.4, -0.2) is 57.8 Å². The van der Waals surface area contributed by atoms with E-state index in [-0.39, 0.29) is 5.75 Å². The molecule has 1 fully saturated rings. The smallest absolute Gasteiger partial charge is 0.211 e. The molecule has 0 atom stereocenters. The molecule has 2 N–H and O–H groups in total. The zero-order chi connectivity index (χ0) is 13.4. The molecule has 0 amide bonds. The molecule has 0 unspecified atom stereocenters. The Morgan fingerprint density at radius 3 is 2.44 bits per heavy atom. The normalized spacial score (nSPS) is 17.7. The molecule has 0 bridgehead atoms. The number of rotatable bonds is 9. The topological polar surface area (TPSA) is 61.4 Å². The number of nitrogens with one attached hydrogen (secondary N) is 2. The molecule has 108 valence electrons. The standard InChI is InChI=1S/C12H27N3O2S/c1-12(2)13-6-5-11-18(16,17)14-7-10-15-8-3-4-9-15/h12-14H,3-11H2,1-2H3. The number of hydrogen-bond acceptors (Lipinski definition) is 4. The van der Waals surface area contributed by atoms with Crippen molar-refractivity contribution in [3.63, 3.8) is 0 Å². The van der Waals surface area contributed by atoms with Crippen molar-refractivity contribution in [1.82, 2.24) is 14.9 Å². The van der Waals surface area contributed by atoms with Gasteiger partial charge in [-0.2, -0.15) is 0 Å². The van der Waals surface area contributed by atoms with Crippen LogP contribution in [0.1, 0.15) is 33.1 Å². The van der Waals surface area contributed by atoms with Gasteiger partial charge in [0.2, 0.25) is 10.0 Å². The summed E-state index contributed by atoms with van der Waals surface area (Å²) >= 11 is 0. The van der Waals surface area contributed by atoms with Crippen LogP contribution in [0.15, 0.2) is 0 Å². The van der Waals surface area contributed by atoms with Crippen LogP contribution in [0, 0.1) is 0 Å². The van der Waals surface area contributed by atoms with Crippen LogP contribution in [0.4, 0.5) is 0 Å². The predicted molar refractivity (Wildman–Crippen MR) is 75.2 cm³/mol.